The Morgan fingerprint density at radius 3 is 2.38 bits per heavy atom. The minimum atomic E-state index is -1.32. The first-order valence-electron chi connectivity index (χ1n) is 13.0. The number of aryl methyl sites for hydroxylation is 1. The lowest BCUT2D eigenvalue weighted by atomic mass is 10.0. The van der Waals surface area contributed by atoms with Gasteiger partial charge in [0, 0.05) is 57.1 Å². The molecule has 1 aromatic carbocycles. The topological polar surface area (TPSA) is 79.7 Å². The van der Waals surface area contributed by atoms with Crippen molar-refractivity contribution < 1.29 is 18.1 Å². The Bertz CT molecular complexity index is 1080. The van der Waals surface area contributed by atoms with Gasteiger partial charge in [0.05, 0.1) is 21.4 Å². The molecule has 1 aliphatic heterocycles. The number of nitrogens with zero attached hydrogens (tertiary/aromatic N) is 4. The number of ether oxygens (including phenoxy) is 1. The first-order chi connectivity index (χ1) is 17.3. The summed E-state index contributed by atoms with van der Waals surface area (Å²) in [5, 5.41) is 4.25. The third-order valence-electron chi connectivity index (χ3n) is 6.25. The quantitative estimate of drug-likeness (QED) is 0.528. The van der Waals surface area contributed by atoms with Gasteiger partial charge in [0.2, 0.25) is 0 Å². The molecule has 0 spiro atoms. The molecule has 206 valence electrons. The summed E-state index contributed by atoms with van der Waals surface area (Å²) in [6.07, 6.45) is 2.04. The lowest BCUT2D eigenvalue weighted by Crippen LogP contribution is -2.50. The highest BCUT2D eigenvalue weighted by Gasteiger charge is 2.28. The molecule has 1 N–H and O–H groups in total. The fraction of sp³-hybridized carbons (Fsp3) is 0.630. The normalized spacial score (nSPS) is 17.0. The van der Waals surface area contributed by atoms with Gasteiger partial charge in [-0.25, -0.2) is 18.1 Å². The van der Waals surface area contributed by atoms with Crippen LogP contribution in [0.2, 0.25) is 0 Å². The van der Waals surface area contributed by atoms with E-state index < -0.39 is 21.3 Å². The molecule has 2 aromatic rings. The fourth-order valence-corrected chi connectivity index (χ4v) is 5.03. The van der Waals surface area contributed by atoms with Crippen molar-refractivity contribution in [2.75, 3.05) is 32.7 Å². The Morgan fingerprint density at radius 1 is 1.14 bits per heavy atom. The molecule has 1 saturated heterocycles. The summed E-state index contributed by atoms with van der Waals surface area (Å²) in [4.78, 5) is 16.4. The van der Waals surface area contributed by atoms with E-state index in [1.54, 1.807) is 27.9 Å². The van der Waals surface area contributed by atoms with Crippen LogP contribution in [-0.2, 0) is 22.3 Å². The summed E-state index contributed by atoms with van der Waals surface area (Å²) < 4.78 is 38.3. The van der Waals surface area contributed by atoms with Crippen LogP contribution in [0, 0.1) is 5.82 Å². The standard InChI is InChI=1S/C27H42FN5O3S/c1-8-33-24(11-13-29-33)21-10-9-20(19-22(21)28)23(30-37(35)27(5,6)7)12-14-31-15-17-32(18-16-31)25(34)36-26(2,3)4/h9-11,13,19,23,30H,8,12,14-18H2,1-7H3/t23-,37+/m0/s1. The fourth-order valence-electron chi connectivity index (χ4n) is 4.16. The molecule has 10 heteroatoms. The van der Waals surface area contributed by atoms with Crippen LogP contribution in [0.5, 0.6) is 0 Å². The smallest absolute Gasteiger partial charge is 0.410 e. The molecule has 2 atom stereocenters. The Balaban J connectivity index is 1.70. The van der Waals surface area contributed by atoms with E-state index >= 15 is 4.39 Å². The van der Waals surface area contributed by atoms with Crippen molar-refractivity contribution >= 4 is 17.1 Å². The van der Waals surface area contributed by atoms with Gasteiger partial charge in [-0.05, 0) is 78.6 Å². The lowest BCUT2D eigenvalue weighted by molar-refractivity contribution is 0.0143. The largest absolute Gasteiger partial charge is 0.444 e. The summed E-state index contributed by atoms with van der Waals surface area (Å²) in [5.74, 6) is -0.327. The van der Waals surface area contributed by atoms with Crippen LogP contribution in [-0.4, -0.2) is 73.0 Å². The number of amides is 1. The van der Waals surface area contributed by atoms with Gasteiger partial charge in [-0.3, -0.25) is 9.58 Å². The zero-order chi connectivity index (χ0) is 27.4. The number of rotatable bonds is 8. The molecule has 0 unspecified atom stereocenters. The molecular weight excluding hydrogens is 493 g/mol. The SMILES string of the molecule is CCn1nccc1-c1ccc([C@H](CCN2CCN(C(=O)OC(C)(C)C)CC2)N[S@](=O)C(C)(C)C)cc1F. The summed E-state index contributed by atoms with van der Waals surface area (Å²) in [5.41, 5.74) is 1.47. The second kappa shape index (κ2) is 12.0. The van der Waals surface area contributed by atoms with Crippen LogP contribution in [0.15, 0.2) is 30.5 Å². The third-order valence-corrected chi connectivity index (χ3v) is 7.86. The van der Waals surface area contributed by atoms with Crippen LogP contribution in [0.25, 0.3) is 11.3 Å². The van der Waals surface area contributed by atoms with Gasteiger partial charge in [-0.15, -0.1) is 0 Å². The summed E-state index contributed by atoms with van der Waals surface area (Å²) in [6.45, 7) is 17.3. The van der Waals surface area contributed by atoms with Gasteiger partial charge in [-0.2, -0.15) is 5.10 Å². The van der Waals surface area contributed by atoms with Gasteiger partial charge >= 0.3 is 6.09 Å². The Kier molecular flexibility index (Phi) is 9.52. The molecule has 3 rings (SSSR count). The summed E-state index contributed by atoms with van der Waals surface area (Å²) in [7, 11) is -1.32. The zero-order valence-electron chi connectivity index (χ0n) is 23.2. The highest BCUT2D eigenvalue weighted by Crippen LogP contribution is 2.28. The summed E-state index contributed by atoms with van der Waals surface area (Å²) >= 11 is 0. The van der Waals surface area contributed by atoms with E-state index in [0.29, 0.717) is 31.6 Å². The van der Waals surface area contributed by atoms with Crippen molar-refractivity contribution in [2.24, 2.45) is 0 Å². The van der Waals surface area contributed by atoms with E-state index in [1.807, 2.05) is 60.6 Å². The van der Waals surface area contributed by atoms with Gasteiger partial charge in [0.15, 0.2) is 0 Å². The van der Waals surface area contributed by atoms with Crippen LogP contribution < -0.4 is 4.72 Å². The molecule has 0 aliphatic carbocycles. The second-order valence-corrected chi connectivity index (χ2v) is 13.4. The highest BCUT2D eigenvalue weighted by molar-refractivity contribution is 7.84. The van der Waals surface area contributed by atoms with Crippen molar-refractivity contribution in [3.63, 3.8) is 0 Å². The third kappa shape index (κ3) is 8.09. The number of piperazine rings is 1. The number of hydrogen-bond acceptors (Lipinski definition) is 5. The highest BCUT2D eigenvalue weighted by atomic mass is 32.2. The summed E-state index contributed by atoms with van der Waals surface area (Å²) in [6, 6.07) is 6.75. The predicted octanol–water partition coefficient (Wildman–Crippen LogP) is 4.74. The molecule has 0 radical (unpaired) electrons. The van der Waals surface area contributed by atoms with E-state index in [-0.39, 0.29) is 18.0 Å². The lowest BCUT2D eigenvalue weighted by Gasteiger charge is -2.36. The monoisotopic (exact) mass is 535 g/mol. The molecule has 1 aromatic heterocycles. The van der Waals surface area contributed by atoms with E-state index in [0.717, 1.165) is 30.9 Å². The van der Waals surface area contributed by atoms with E-state index in [9.17, 15) is 9.00 Å². The maximum Gasteiger partial charge on any atom is 0.410 e. The molecule has 1 fully saturated rings. The average Bonchev–Trinajstić information content (AvgIpc) is 3.28. The minimum absolute atomic E-state index is 0.285. The molecule has 1 aliphatic rings. The number of benzene rings is 1. The van der Waals surface area contributed by atoms with Crippen LogP contribution in [0.3, 0.4) is 0 Å². The molecule has 0 bridgehead atoms. The van der Waals surface area contributed by atoms with Crippen molar-refractivity contribution in [2.45, 2.75) is 77.8 Å². The van der Waals surface area contributed by atoms with Crippen LogP contribution in [0.4, 0.5) is 9.18 Å². The van der Waals surface area contributed by atoms with Gasteiger partial charge in [0.25, 0.3) is 0 Å². The molecule has 2 heterocycles. The zero-order valence-corrected chi connectivity index (χ0v) is 24.0. The first kappa shape index (κ1) is 29.3. The minimum Gasteiger partial charge on any atom is -0.444 e. The Morgan fingerprint density at radius 2 is 1.81 bits per heavy atom. The molecule has 37 heavy (non-hydrogen) atoms. The number of halogens is 1. The molecular formula is C27H42FN5O3S. The van der Waals surface area contributed by atoms with Gasteiger partial charge in [0.1, 0.15) is 11.4 Å². The van der Waals surface area contributed by atoms with Crippen molar-refractivity contribution in [3.8, 4) is 11.3 Å². The maximum atomic E-state index is 15.3. The van der Waals surface area contributed by atoms with E-state index in [2.05, 4.69) is 14.7 Å². The van der Waals surface area contributed by atoms with Gasteiger partial charge in [-0.1, -0.05) is 6.07 Å². The van der Waals surface area contributed by atoms with Crippen molar-refractivity contribution in [1.82, 2.24) is 24.3 Å². The van der Waals surface area contributed by atoms with Crippen LogP contribution >= 0.6 is 0 Å². The Hall–Kier alpha value is -2.30. The van der Waals surface area contributed by atoms with E-state index in [4.69, 9.17) is 4.74 Å². The van der Waals surface area contributed by atoms with Gasteiger partial charge < -0.3 is 9.64 Å². The Labute approximate surface area is 223 Å². The predicted molar refractivity (Wildman–Crippen MR) is 146 cm³/mol. The number of hydrogen-bond donors (Lipinski definition) is 1. The molecule has 1 amide bonds. The molecule has 0 saturated carbocycles. The number of aromatic nitrogens is 2. The second-order valence-electron chi connectivity index (χ2n) is 11.4. The van der Waals surface area contributed by atoms with Crippen LogP contribution in [0.1, 0.15) is 66.5 Å². The first-order valence-corrected chi connectivity index (χ1v) is 14.1. The number of carbonyl (C=O) groups is 1. The maximum absolute atomic E-state index is 15.3. The van der Waals surface area contributed by atoms with E-state index in [1.165, 1.54) is 0 Å². The number of nitrogens with one attached hydrogen (secondary N) is 1. The number of carbonyl (C=O) groups excluding carboxylic acids is 1. The average molecular weight is 536 g/mol. The van der Waals surface area contributed by atoms with Crippen molar-refractivity contribution in [3.05, 3.63) is 41.8 Å². The van der Waals surface area contributed by atoms with Crippen molar-refractivity contribution in [1.29, 1.82) is 0 Å². The molecule has 8 nitrogen and oxygen atoms in total.